The van der Waals surface area contributed by atoms with Crippen LogP contribution in [-0.2, 0) is 0 Å². The summed E-state index contributed by atoms with van der Waals surface area (Å²) in [5.74, 6) is 0.211. The Kier molecular flexibility index (Phi) is 1.92. The van der Waals surface area contributed by atoms with Gasteiger partial charge in [-0.15, -0.1) is 0 Å². The zero-order chi connectivity index (χ0) is 9.10. The molecule has 1 radical (unpaired) electrons. The third-order valence-corrected chi connectivity index (χ3v) is 1.70. The van der Waals surface area contributed by atoms with Gasteiger partial charge in [-0.1, -0.05) is 12.1 Å². The fourth-order valence-electron chi connectivity index (χ4n) is 1.09. The van der Waals surface area contributed by atoms with Crippen LogP contribution in [0.5, 0.6) is 5.75 Å². The highest BCUT2D eigenvalue weighted by Crippen LogP contribution is 2.25. The Balaban J connectivity index is 2.54. The minimum atomic E-state index is 0.211. The second kappa shape index (κ2) is 3.23. The van der Waals surface area contributed by atoms with Crippen molar-refractivity contribution in [3.8, 4) is 17.0 Å². The summed E-state index contributed by atoms with van der Waals surface area (Å²) in [5, 5.41) is 9.49. The fourth-order valence-corrected chi connectivity index (χ4v) is 1.09. The van der Waals surface area contributed by atoms with Crippen molar-refractivity contribution in [3.05, 3.63) is 42.9 Å². The van der Waals surface area contributed by atoms with Gasteiger partial charge in [0.1, 0.15) is 11.9 Å². The van der Waals surface area contributed by atoms with Crippen LogP contribution in [0.15, 0.2) is 36.7 Å². The molecule has 1 aromatic carbocycles. The van der Waals surface area contributed by atoms with E-state index in [1.165, 1.54) is 6.20 Å². The Morgan fingerprint density at radius 1 is 1.23 bits per heavy atom. The van der Waals surface area contributed by atoms with Gasteiger partial charge in [0.05, 0.1) is 18.1 Å². The lowest BCUT2D eigenvalue weighted by molar-refractivity contribution is 0.477. The van der Waals surface area contributed by atoms with Crippen LogP contribution in [0.3, 0.4) is 0 Å². The van der Waals surface area contributed by atoms with Gasteiger partial charge < -0.3 is 5.11 Å². The molecule has 63 valence electrons. The van der Waals surface area contributed by atoms with Crippen molar-refractivity contribution in [3.63, 3.8) is 0 Å². The van der Waals surface area contributed by atoms with Gasteiger partial charge in [0.25, 0.3) is 0 Å². The Bertz CT molecular complexity index is 401. The number of benzene rings is 1. The van der Waals surface area contributed by atoms with Crippen LogP contribution < -0.4 is 0 Å². The number of phenolic OH excluding ortho intramolecular Hbond substituents is 1. The van der Waals surface area contributed by atoms with Crippen molar-refractivity contribution >= 4 is 0 Å². The molecule has 1 aromatic heterocycles. The van der Waals surface area contributed by atoms with Crippen molar-refractivity contribution in [1.29, 1.82) is 0 Å². The first-order valence-electron chi connectivity index (χ1n) is 3.84. The number of aromatic nitrogens is 2. The second-order valence-corrected chi connectivity index (χ2v) is 2.55. The third kappa shape index (κ3) is 1.49. The third-order valence-electron chi connectivity index (χ3n) is 1.70. The highest BCUT2D eigenvalue weighted by molar-refractivity contribution is 5.65. The van der Waals surface area contributed by atoms with Crippen molar-refractivity contribution in [1.82, 2.24) is 9.97 Å². The minimum Gasteiger partial charge on any atom is -0.507 e. The van der Waals surface area contributed by atoms with Crippen LogP contribution in [0, 0.1) is 6.20 Å². The topological polar surface area (TPSA) is 46.0 Å². The lowest BCUT2D eigenvalue weighted by atomic mass is 10.1. The summed E-state index contributed by atoms with van der Waals surface area (Å²) in [4.78, 5) is 7.84. The van der Waals surface area contributed by atoms with E-state index in [2.05, 4.69) is 16.2 Å². The molecule has 0 aliphatic heterocycles. The quantitative estimate of drug-likeness (QED) is 0.709. The van der Waals surface area contributed by atoms with Gasteiger partial charge in [0, 0.05) is 5.56 Å². The molecule has 0 saturated heterocycles. The van der Waals surface area contributed by atoms with Crippen LogP contribution in [0.25, 0.3) is 11.3 Å². The van der Waals surface area contributed by atoms with Gasteiger partial charge in [-0.3, -0.25) is 9.97 Å². The number of hydrogen-bond donors (Lipinski definition) is 1. The van der Waals surface area contributed by atoms with Gasteiger partial charge >= 0.3 is 0 Å². The molecule has 3 nitrogen and oxygen atoms in total. The van der Waals surface area contributed by atoms with Crippen molar-refractivity contribution < 1.29 is 5.11 Å². The number of para-hydroxylation sites is 1. The number of aromatic hydroxyl groups is 1. The first-order valence-corrected chi connectivity index (χ1v) is 3.84. The number of phenols is 1. The molecule has 3 heteroatoms. The molecule has 0 fully saturated rings. The van der Waals surface area contributed by atoms with Gasteiger partial charge in [0.15, 0.2) is 0 Å². The van der Waals surface area contributed by atoms with Gasteiger partial charge in [0.2, 0.25) is 0 Å². The highest BCUT2D eigenvalue weighted by atomic mass is 16.3. The summed E-state index contributed by atoms with van der Waals surface area (Å²) in [5.41, 5.74) is 1.33. The Morgan fingerprint density at radius 3 is 2.77 bits per heavy atom. The maximum atomic E-state index is 9.49. The molecular weight excluding hydrogens is 164 g/mol. The summed E-state index contributed by atoms with van der Waals surface area (Å²) in [7, 11) is 0. The van der Waals surface area contributed by atoms with E-state index in [0.29, 0.717) is 11.3 Å². The molecule has 0 unspecified atom stereocenters. The van der Waals surface area contributed by atoms with Crippen LogP contribution in [0.2, 0.25) is 0 Å². The van der Waals surface area contributed by atoms with Crippen molar-refractivity contribution in [2.75, 3.05) is 0 Å². The predicted molar refractivity (Wildman–Crippen MR) is 48.0 cm³/mol. The second-order valence-electron chi connectivity index (χ2n) is 2.55. The number of rotatable bonds is 1. The van der Waals surface area contributed by atoms with Gasteiger partial charge in [-0.05, 0) is 12.1 Å². The van der Waals surface area contributed by atoms with Gasteiger partial charge in [-0.25, -0.2) is 0 Å². The van der Waals surface area contributed by atoms with Crippen LogP contribution in [0.4, 0.5) is 0 Å². The lowest BCUT2D eigenvalue weighted by Gasteiger charge is -2.00. The Morgan fingerprint density at radius 2 is 2.08 bits per heavy atom. The molecule has 0 saturated carbocycles. The monoisotopic (exact) mass is 171 g/mol. The molecule has 13 heavy (non-hydrogen) atoms. The van der Waals surface area contributed by atoms with Crippen LogP contribution in [0.1, 0.15) is 0 Å². The standard InChI is InChI=1S/C10H7N2O/c13-10-4-2-1-3-8(10)9-7-11-5-6-12-9/h1-4,6-7,13H. The summed E-state index contributed by atoms with van der Waals surface area (Å²) in [6.45, 7) is 0. The predicted octanol–water partition coefficient (Wildman–Crippen LogP) is 1.65. The molecule has 2 aromatic rings. The summed E-state index contributed by atoms with van der Waals surface area (Å²) < 4.78 is 0. The van der Waals surface area contributed by atoms with E-state index in [-0.39, 0.29) is 5.75 Å². The zero-order valence-corrected chi connectivity index (χ0v) is 6.81. The largest absolute Gasteiger partial charge is 0.507 e. The fraction of sp³-hybridized carbons (Fsp3) is 0. The van der Waals surface area contributed by atoms with E-state index in [9.17, 15) is 5.11 Å². The highest BCUT2D eigenvalue weighted by Gasteiger charge is 2.02. The minimum absolute atomic E-state index is 0.211. The molecule has 0 bridgehead atoms. The average Bonchev–Trinajstić information content (AvgIpc) is 2.20. The molecule has 1 N–H and O–H groups in total. The van der Waals surface area contributed by atoms with E-state index in [0.717, 1.165) is 0 Å². The van der Waals surface area contributed by atoms with Crippen molar-refractivity contribution in [2.45, 2.75) is 0 Å². The molecule has 0 amide bonds. The smallest absolute Gasteiger partial charge is 0.125 e. The molecular formula is C10H7N2O. The van der Waals surface area contributed by atoms with Crippen LogP contribution in [-0.4, -0.2) is 15.1 Å². The van der Waals surface area contributed by atoms with E-state index >= 15 is 0 Å². The van der Waals surface area contributed by atoms with E-state index in [4.69, 9.17) is 0 Å². The molecule has 0 aliphatic carbocycles. The summed E-state index contributed by atoms with van der Waals surface area (Å²) in [6, 6.07) is 7.02. The van der Waals surface area contributed by atoms with E-state index in [1.54, 1.807) is 24.4 Å². The van der Waals surface area contributed by atoms with Crippen molar-refractivity contribution in [2.24, 2.45) is 0 Å². The first kappa shape index (κ1) is 7.73. The molecule has 0 aliphatic rings. The summed E-state index contributed by atoms with van der Waals surface area (Å²) in [6.07, 6.45) is 5.62. The van der Waals surface area contributed by atoms with Crippen LogP contribution >= 0.6 is 0 Å². The first-order chi connectivity index (χ1) is 6.38. The SMILES string of the molecule is Oc1ccccc1-c1cn[c]cn1. The lowest BCUT2D eigenvalue weighted by Crippen LogP contribution is -1.84. The molecule has 0 atom stereocenters. The number of hydrogen-bond acceptors (Lipinski definition) is 3. The van der Waals surface area contributed by atoms with E-state index in [1.807, 2.05) is 6.07 Å². The van der Waals surface area contributed by atoms with E-state index < -0.39 is 0 Å². The average molecular weight is 171 g/mol. The molecule has 0 spiro atoms. The maximum absolute atomic E-state index is 9.49. The maximum Gasteiger partial charge on any atom is 0.125 e. The molecule has 2 rings (SSSR count). The Labute approximate surface area is 75.7 Å². The number of nitrogens with zero attached hydrogens (tertiary/aromatic N) is 2. The normalized spacial score (nSPS) is 9.85. The zero-order valence-electron chi connectivity index (χ0n) is 6.81. The van der Waals surface area contributed by atoms with Gasteiger partial charge in [-0.2, -0.15) is 0 Å². The summed E-state index contributed by atoms with van der Waals surface area (Å²) >= 11 is 0. The molecule has 1 heterocycles. The Hall–Kier alpha value is -1.90.